The summed E-state index contributed by atoms with van der Waals surface area (Å²) in [6.45, 7) is 5.97. The van der Waals surface area contributed by atoms with Crippen molar-refractivity contribution >= 4 is 35.2 Å². The minimum Gasteiger partial charge on any atom is -0.352 e. The van der Waals surface area contributed by atoms with E-state index < -0.39 is 6.04 Å². The van der Waals surface area contributed by atoms with Gasteiger partial charge < -0.3 is 10.2 Å². The lowest BCUT2D eigenvalue weighted by atomic mass is 10.1. The Morgan fingerprint density at radius 2 is 1.80 bits per heavy atom. The third-order valence-electron chi connectivity index (χ3n) is 4.52. The van der Waals surface area contributed by atoms with E-state index in [1.807, 2.05) is 32.9 Å². The topological polar surface area (TPSA) is 49.4 Å². The summed E-state index contributed by atoms with van der Waals surface area (Å²) in [6.07, 6.45) is 0.496. The molecule has 0 aromatic heterocycles. The lowest BCUT2D eigenvalue weighted by molar-refractivity contribution is -0.139. The van der Waals surface area contributed by atoms with E-state index in [2.05, 4.69) is 5.32 Å². The van der Waals surface area contributed by atoms with Crippen LogP contribution in [0.1, 0.15) is 38.3 Å². The highest BCUT2D eigenvalue weighted by Gasteiger charge is 2.28. The van der Waals surface area contributed by atoms with Crippen molar-refractivity contribution in [3.63, 3.8) is 0 Å². The average Bonchev–Trinajstić information content (AvgIpc) is 2.70. The van der Waals surface area contributed by atoms with Gasteiger partial charge in [0.25, 0.3) is 0 Å². The van der Waals surface area contributed by atoms with E-state index in [1.54, 1.807) is 35.2 Å². The molecule has 162 valence electrons. The maximum Gasteiger partial charge on any atom is 0.243 e. The molecule has 0 spiro atoms. The summed E-state index contributed by atoms with van der Waals surface area (Å²) in [7, 11) is 0. The smallest absolute Gasteiger partial charge is 0.243 e. The normalized spacial score (nSPS) is 11.9. The number of hydrogen-bond acceptors (Lipinski definition) is 3. The van der Waals surface area contributed by atoms with E-state index in [1.165, 1.54) is 17.8 Å². The molecule has 0 bridgehead atoms. The van der Waals surface area contributed by atoms with Crippen molar-refractivity contribution in [2.24, 2.45) is 0 Å². The van der Waals surface area contributed by atoms with Gasteiger partial charge in [0.2, 0.25) is 11.8 Å². The Labute approximate surface area is 187 Å². The van der Waals surface area contributed by atoms with Crippen molar-refractivity contribution in [2.45, 2.75) is 51.6 Å². The first kappa shape index (κ1) is 24.2. The summed E-state index contributed by atoms with van der Waals surface area (Å²) in [5.74, 6) is -0.0561. The summed E-state index contributed by atoms with van der Waals surface area (Å²) >= 11 is 7.31. The number of amides is 2. The molecule has 0 saturated heterocycles. The van der Waals surface area contributed by atoms with E-state index in [0.717, 1.165) is 5.56 Å². The molecule has 0 aliphatic heterocycles. The van der Waals surface area contributed by atoms with E-state index >= 15 is 0 Å². The average molecular weight is 451 g/mol. The highest BCUT2D eigenvalue weighted by atomic mass is 35.5. The third kappa shape index (κ3) is 7.33. The van der Waals surface area contributed by atoms with Crippen molar-refractivity contribution < 1.29 is 14.0 Å². The highest BCUT2D eigenvalue weighted by molar-refractivity contribution is 7.99. The zero-order valence-corrected chi connectivity index (χ0v) is 19.1. The zero-order valence-electron chi connectivity index (χ0n) is 17.5. The van der Waals surface area contributed by atoms with Gasteiger partial charge >= 0.3 is 0 Å². The van der Waals surface area contributed by atoms with E-state index in [9.17, 15) is 14.0 Å². The van der Waals surface area contributed by atoms with Crippen molar-refractivity contribution in [2.75, 3.05) is 5.75 Å². The second kappa shape index (κ2) is 12.0. The second-order valence-corrected chi connectivity index (χ2v) is 8.74. The molecule has 2 amide bonds. The van der Waals surface area contributed by atoms with Crippen LogP contribution >= 0.6 is 23.4 Å². The number of benzene rings is 2. The minimum atomic E-state index is -0.579. The number of nitrogens with zero attached hydrogens (tertiary/aromatic N) is 1. The van der Waals surface area contributed by atoms with E-state index in [4.69, 9.17) is 11.6 Å². The van der Waals surface area contributed by atoms with Gasteiger partial charge in [0, 0.05) is 23.4 Å². The summed E-state index contributed by atoms with van der Waals surface area (Å²) in [5, 5.41) is 3.52. The molecule has 2 aromatic carbocycles. The van der Waals surface area contributed by atoms with Gasteiger partial charge in [0.05, 0.1) is 5.75 Å². The van der Waals surface area contributed by atoms with Gasteiger partial charge in [0.15, 0.2) is 0 Å². The molecule has 7 heteroatoms. The summed E-state index contributed by atoms with van der Waals surface area (Å²) in [5.41, 5.74) is 1.45. The first-order valence-electron chi connectivity index (χ1n) is 9.97. The fourth-order valence-corrected chi connectivity index (χ4v) is 4.06. The SMILES string of the molecule is CC[C@@H](C(=O)NC(C)C)N(Cc1ccc(Cl)cc1)C(=O)CSCc1ccccc1F. The Bertz CT molecular complexity index is 845. The maximum atomic E-state index is 13.8. The van der Waals surface area contributed by atoms with Crippen molar-refractivity contribution in [1.29, 1.82) is 0 Å². The molecule has 0 fully saturated rings. The number of hydrogen-bond donors (Lipinski definition) is 1. The van der Waals surface area contributed by atoms with Crippen LogP contribution in [0.15, 0.2) is 48.5 Å². The van der Waals surface area contributed by atoms with Gasteiger partial charge in [-0.05, 0) is 49.6 Å². The van der Waals surface area contributed by atoms with Crippen LogP contribution in [0, 0.1) is 5.82 Å². The Morgan fingerprint density at radius 3 is 2.40 bits per heavy atom. The lowest BCUT2D eigenvalue weighted by Gasteiger charge is -2.31. The predicted molar refractivity (Wildman–Crippen MR) is 122 cm³/mol. The van der Waals surface area contributed by atoms with Gasteiger partial charge in [-0.2, -0.15) is 0 Å². The van der Waals surface area contributed by atoms with Crippen molar-refractivity contribution in [1.82, 2.24) is 10.2 Å². The number of carbonyl (C=O) groups excluding carboxylic acids is 2. The third-order valence-corrected chi connectivity index (χ3v) is 5.74. The second-order valence-electron chi connectivity index (χ2n) is 7.32. The molecule has 0 aliphatic rings. The first-order chi connectivity index (χ1) is 14.3. The van der Waals surface area contributed by atoms with Crippen LogP contribution in [-0.4, -0.2) is 34.6 Å². The Kier molecular flexibility index (Phi) is 9.66. The molecule has 0 aliphatic carbocycles. The van der Waals surface area contributed by atoms with Crippen LogP contribution in [0.5, 0.6) is 0 Å². The Morgan fingerprint density at radius 1 is 1.13 bits per heavy atom. The summed E-state index contributed by atoms with van der Waals surface area (Å²) < 4.78 is 13.8. The number of thioether (sulfide) groups is 1. The predicted octanol–water partition coefficient (Wildman–Crippen LogP) is 5.04. The monoisotopic (exact) mass is 450 g/mol. The Hall–Kier alpha value is -2.05. The molecule has 1 N–H and O–H groups in total. The lowest BCUT2D eigenvalue weighted by Crippen LogP contribution is -2.50. The zero-order chi connectivity index (χ0) is 22.1. The molecule has 0 unspecified atom stereocenters. The van der Waals surface area contributed by atoms with E-state index in [-0.39, 0.29) is 29.4 Å². The van der Waals surface area contributed by atoms with Crippen LogP contribution in [0.2, 0.25) is 5.02 Å². The minimum absolute atomic E-state index is 0.0190. The van der Waals surface area contributed by atoms with Gasteiger partial charge in [-0.15, -0.1) is 11.8 Å². The molecule has 0 radical (unpaired) electrons. The largest absolute Gasteiger partial charge is 0.352 e. The van der Waals surface area contributed by atoms with Crippen molar-refractivity contribution in [3.8, 4) is 0 Å². The molecular weight excluding hydrogens is 423 g/mol. The molecule has 0 heterocycles. The molecule has 0 saturated carbocycles. The van der Waals surface area contributed by atoms with Gasteiger partial charge in [-0.25, -0.2) is 4.39 Å². The fourth-order valence-electron chi connectivity index (χ4n) is 3.03. The van der Waals surface area contributed by atoms with Crippen LogP contribution in [0.25, 0.3) is 0 Å². The summed E-state index contributed by atoms with van der Waals surface area (Å²) in [4.78, 5) is 27.4. The molecule has 2 rings (SSSR count). The number of rotatable bonds is 10. The molecule has 30 heavy (non-hydrogen) atoms. The summed E-state index contributed by atoms with van der Waals surface area (Å²) in [6, 6.07) is 13.2. The Balaban J connectivity index is 2.13. The first-order valence-corrected chi connectivity index (χ1v) is 11.5. The van der Waals surface area contributed by atoms with Crippen LogP contribution < -0.4 is 5.32 Å². The van der Waals surface area contributed by atoms with Gasteiger partial charge in [-0.3, -0.25) is 9.59 Å². The standard InChI is InChI=1S/C23H28ClFN2O2S/c1-4-21(23(29)26-16(2)3)27(13-17-9-11-19(24)12-10-17)22(28)15-30-14-18-7-5-6-8-20(18)25/h5-12,16,21H,4,13-15H2,1-3H3,(H,26,29)/t21-/m0/s1. The number of nitrogens with one attached hydrogen (secondary N) is 1. The van der Waals surface area contributed by atoms with Crippen LogP contribution in [0.4, 0.5) is 4.39 Å². The number of halogens is 2. The molecule has 4 nitrogen and oxygen atoms in total. The van der Waals surface area contributed by atoms with Crippen LogP contribution in [0.3, 0.4) is 0 Å². The maximum absolute atomic E-state index is 13.8. The molecule has 2 aromatic rings. The van der Waals surface area contributed by atoms with Crippen LogP contribution in [-0.2, 0) is 21.9 Å². The quantitative estimate of drug-likeness (QED) is 0.551. The molecule has 1 atom stereocenters. The van der Waals surface area contributed by atoms with E-state index in [0.29, 0.717) is 29.3 Å². The fraction of sp³-hybridized carbons (Fsp3) is 0.391. The number of carbonyl (C=O) groups is 2. The van der Waals surface area contributed by atoms with Crippen molar-refractivity contribution in [3.05, 3.63) is 70.5 Å². The highest BCUT2D eigenvalue weighted by Crippen LogP contribution is 2.19. The molecular formula is C23H28ClFN2O2S. The van der Waals surface area contributed by atoms with Gasteiger partial charge in [0.1, 0.15) is 11.9 Å². The van der Waals surface area contributed by atoms with Gasteiger partial charge in [-0.1, -0.05) is 48.9 Å².